The van der Waals surface area contributed by atoms with E-state index in [1.165, 1.54) is 0 Å². The fourth-order valence-corrected chi connectivity index (χ4v) is 1.52. The summed E-state index contributed by atoms with van der Waals surface area (Å²) < 4.78 is 1.60. The summed E-state index contributed by atoms with van der Waals surface area (Å²) in [6.45, 7) is 1.87. The Labute approximate surface area is 105 Å². The molecule has 1 unspecified atom stereocenters. The number of rotatable bonds is 3. The van der Waals surface area contributed by atoms with Crippen LogP contribution in [0.15, 0.2) is 30.6 Å². The van der Waals surface area contributed by atoms with Crippen LogP contribution in [-0.4, -0.2) is 27.7 Å². The highest BCUT2D eigenvalue weighted by atomic mass is 16.1. The second-order valence-electron chi connectivity index (χ2n) is 3.95. The SMILES string of the molecule is CNC(=O)c1ccn(-c2ccc(C(C)N)nc2)n1. The van der Waals surface area contributed by atoms with Crippen LogP contribution in [0.1, 0.15) is 29.1 Å². The third-order valence-electron chi connectivity index (χ3n) is 2.55. The van der Waals surface area contributed by atoms with Crippen molar-refractivity contribution < 1.29 is 4.79 Å². The first kappa shape index (κ1) is 12.3. The van der Waals surface area contributed by atoms with Crippen molar-refractivity contribution in [3.05, 3.63) is 42.0 Å². The van der Waals surface area contributed by atoms with Gasteiger partial charge in [-0.3, -0.25) is 9.78 Å². The average Bonchev–Trinajstić information content (AvgIpc) is 2.87. The number of amides is 1. The van der Waals surface area contributed by atoms with Crippen molar-refractivity contribution in [2.45, 2.75) is 13.0 Å². The molecule has 0 bridgehead atoms. The van der Waals surface area contributed by atoms with Gasteiger partial charge in [0.25, 0.3) is 5.91 Å². The third-order valence-corrected chi connectivity index (χ3v) is 2.55. The van der Waals surface area contributed by atoms with E-state index in [-0.39, 0.29) is 11.9 Å². The maximum Gasteiger partial charge on any atom is 0.271 e. The summed E-state index contributed by atoms with van der Waals surface area (Å²) >= 11 is 0. The summed E-state index contributed by atoms with van der Waals surface area (Å²) in [5.41, 5.74) is 7.70. The fraction of sp³-hybridized carbons (Fsp3) is 0.250. The zero-order chi connectivity index (χ0) is 13.1. The van der Waals surface area contributed by atoms with Crippen molar-refractivity contribution in [2.24, 2.45) is 5.73 Å². The molecule has 0 saturated carbocycles. The summed E-state index contributed by atoms with van der Waals surface area (Å²) in [4.78, 5) is 15.6. The Morgan fingerprint density at radius 1 is 1.44 bits per heavy atom. The highest BCUT2D eigenvalue weighted by Gasteiger charge is 2.08. The van der Waals surface area contributed by atoms with Crippen molar-refractivity contribution >= 4 is 5.91 Å². The summed E-state index contributed by atoms with van der Waals surface area (Å²) in [6, 6.07) is 5.27. The van der Waals surface area contributed by atoms with Gasteiger partial charge in [-0.15, -0.1) is 0 Å². The number of nitrogens with zero attached hydrogens (tertiary/aromatic N) is 3. The number of carbonyl (C=O) groups is 1. The first-order valence-corrected chi connectivity index (χ1v) is 5.61. The summed E-state index contributed by atoms with van der Waals surface area (Å²) in [5, 5.41) is 6.68. The molecule has 0 saturated heterocycles. The normalized spacial score (nSPS) is 12.2. The first-order chi connectivity index (χ1) is 8.61. The van der Waals surface area contributed by atoms with E-state index in [1.807, 2.05) is 19.1 Å². The molecule has 0 radical (unpaired) electrons. The van der Waals surface area contributed by atoms with Gasteiger partial charge in [-0.2, -0.15) is 5.10 Å². The minimum atomic E-state index is -0.214. The van der Waals surface area contributed by atoms with E-state index < -0.39 is 0 Å². The van der Waals surface area contributed by atoms with E-state index in [9.17, 15) is 4.79 Å². The Bertz CT molecular complexity index is 544. The maximum atomic E-state index is 11.4. The lowest BCUT2D eigenvalue weighted by Crippen LogP contribution is -2.18. The van der Waals surface area contributed by atoms with E-state index in [4.69, 9.17) is 5.73 Å². The third kappa shape index (κ3) is 2.38. The van der Waals surface area contributed by atoms with E-state index in [1.54, 1.807) is 30.2 Å². The van der Waals surface area contributed by atoms with Crippen molar-refractivity contribution in [3.63, 3.8) is 0 Å². The standard InChI is InChI=1S/C12H15N5O/c1-8(13)10-4-3-9(7-15-10)17-6-5-11(16-17)12(18)14-2/h3-8H,13H2,1-2H3,(H,14,18). The monoisotopic (exact) mass is 245 g/mol. The lowest BCUT2D eigenvalue weighted by atomic mass is 10.2. The van der Waals surface area contributed by atoms with Crippen molar-refractivity contribution in [2.75, 3.05) is 7.05 Å². The number of pyridine rings is 1. The molecular formula is C12H15N5O. The van der Waals surface area contributed by atoms with Gasteiger partial charge in [0.05, 0.1) is 17.6 Å². The highest BCUT2D eigenvalue weighted by Crippen LogP contribution is 2.10. The molecule has 3 N–H and O–H groups in total. The van der Waals surface area contributed by atoms with Crippen LogP contribution in [0.3, 0.4) is 0 Å². The number of hydrogen-bond donors (Lipinski definition) is 2. The predicted octanol–water partition coefficient (Wildman–Crippen LogP) is 0.647. The molecule has 0 aliphatic rings. The molecule has 94 valence electrons. The van der Waals surface area contributed by atoms with E-state index in [0.29, 0.717) is 5.69 Å². The fourth-order valence-electron chi connectivity index (χ4n) is 1.52. The van der Waals surface area contributed by atoms with Gasteiger partial charge in [-0.05, 0) is 25.1 Å². The lowest BCUT2D eigenvalue weighted by molar-refractivity contribution is 0.0957. The molecule has 0 fully saturated rings. The van der Waals surface area contributed by atoms with Crippen molar-refractivity contribution in [1.82, 2.24) is 20.1 Å². The molecule has 0 aromatic carbocycles. The second kappa shape index (κ2) is 4.97. The molecule has 0 aliphatic carbocycles. The van der Waals surface area contributed by atoms with Crippen LogP contribution >= 0.6 is 0 Å². The smallest absolute Gasteiger partial charge is 0.271 e. The number of aromatic nitrogens is 3. The van der Waals surface area contributed by atoms with Gasteiger partial charge < -0.3 is 11.1 Å². The highest BCUT2D eigenvalue weighted by molar-refractivity contribution is 5.91. The Balaban J connectivity index is 2.26. The van der Waals surface area contributed by atoms with Crippen LogP contribution in [0.5, 0.6) is 0 Å². The van der Waals surface area contributed by atoms with Crippen LogP contribution in [0.4, 0.5) is 0 Å². The average molecular weight is 245 g/mol. The largest absolute Gasteiger partial charge is 0.354 e. The zero-order valence-corrected chi connectivity index (χ0v) is 10.3. The Kier molecular flexibility index (Phi) is 3.38. The van der Waals surface area contributed by atoms with Crippen LogP contribution < -0.4 is 11.1 Å². The summed E-state index contributed by atoms with van der Waals surface area (Å²) in [6.07, 6.45) is 3.40. The van der Waals surface area contributed by atoms with Gasteiger partial charge in [-0.25, -0.2) is 4.68 Å². The van der Waals surface area contributed by atoms with Gasteiger partial charge in [0.1, 0.15) is 0 Å². The van der Waals surface area contributed by atoms with Gasteiger partial charge in [0.15, 0.2) is 5.69 Å². The van der Waals surface area contributed by atoms with Crippen LogP contribution in [0.2, 0.25) is 0 Å². The van der Waals surface area contributed by atoms with Crippen LogP contribution in [0, 0.1) is 0 Å². The van der Waals surface area contributed by atoms with E-state index in [0.717, 1.165) is 11.4 Å². The van der Waals surface area contributed by atoms with E-state index in [2.05, 4.69) is 15.4 Å². The summed E-state index contributed by atoms with van der Waals surface area (Å²) in [5.74, 6) is -0.214. The van der Waals surface area contributed by atoms with Gasteiger partial charge >= 0.3 is 0 Å². The van der Waals surface area contributed by atoms with E-state index >= 15 is 0 Å². The number of nitrogens with one attached hydrogen (secondary N) is 1. The molecule has 2 aromatic heterocycles. The second-order valence-corrected chi connectivity index (χ2v) is 3.95. The number of nitrogens with two attached hydrogens (primary N) is 1. The van der Waals surface area contributed by atoms with Crippen LogP contribution in [-0.2, 0) is 0 Å². The molecule has 2 aromatic rings. The van der Waals surface area contributed by atoms with Gasteiger partial charge in [0.2, 0.25) is 0 Å². The number of carbonyl (C=O) groups excluding carboxylic acids is 1. The first-order valence-electron chi connectivity index (χ1n) is 5.61. The Morgan fingerprint density at radius 2 is 2.22 bits per heavy atom. The molecule has 0 aliphatic heterocycles. The molecule has 1 atom stereocenters. The Hall–Kier alpha value is -2.21. The quantitative estimate of drug-likeness (QED) is 0.831. The maximum absolute atomic E-state index is 11.4. The molecule has 6 nitrogen and oxygen atoms in total. The zero-order valence-electron chi connectivity index (χ0n) is 10.3. The predicted molar refractivity (Wildman–Crippen MR) is 67.4 cm³/mol. The minimum Gasteiger partial charge on any atom is -0.354 e. The van der Waals surface area contributed by atoms with Crippen molar-refractivity contribution in [3.8, 4) is 5.69 Å². The molecule has 6 heteroatoms. The molecule has 1 amide bonds. The number of hydrogen-bond acceptors (Lipinski definition) is 4. The molecule has 2 heterocycles. The molecule has 0 spiro atoms. The van der Waals surface area contributed by atoms with Gasteiger partial charge in [-0.1, -0.05) is 0 Å². The van der Waals surface area contributed by atoms with Crippen LogP contribution in [0.25, 0.3) is 5.69 Å². The summed E-state index contributed by atoms with van der Waals surface area (Å²) in [7, 11) is 1.57. The minimum absolute atomic E-state index is 0.0990. The Morgan fingerprint density at radius 3 is 2.78 bits per heavy atom. The molecule has 18 heavy (non-hydrogen) atoms. The lowest BCUT2D eigenvalue weighted by Gasteiger charge is -2.05. The van der Waals surface area contributed by atoms with Gasteiger partial charge in [0, 0.05) is 19.3 Å². The van der Waals surface area contributed by atoms with Crippen molar-refractivity contribution in [1.29, 1.82) is 0 Å². The topological polar surface area (TPSA) is 85.8 Å². The molecule has 2 rings (SSSR count). The molecular weight excluding hydrogens is 230 g/mol.